The molecular weight excluding hydrogens is 426 g/mol. The van der Waals surface area contributed by atoms with Crippen molar-refractivity contribution in [1.82, 2.24) is 0 Å². The monoisotopic (exact) mass is 466 g/mol. The molecule has 0 heterocycles. The predicted molar refractivity (Wildman–Crippen MR) is 103 cm³/mol. The average Bonchev–Trinajstić information content (AvgIpc) is 2.43. The van der Waals surface area contributed by atoms with Gasteiger partial charge in [-0.15, -0.1) is 0 Å². The van der Waals surface area contributed by atoms with E-state index in [-0.39, 0.29) is 92.3 Å². The summed E-state index contributed by atoms with van der Waals surface area (Å²) in [7, 11) is 0. The summed E-state index contributed by atoms with van der Waals surface area (Å²) in [6, 6.07) is 0. The third-order valence-electron chi connectivity index (χ3n) is 3.99. The van der Waals surface area contributed by atoms with Gasteiger partial charge in [-0.1, -0.05) is 96.8 Å². The van der Waals surface area contributed by atoms with Crippen molar-refractivity contribution in [2.45, 2.75) is 110 Å². The molecule has 0 rings (SSSR count). The third-order valence-corrected chi connectivity index (χ3v) is 3.99. The molecule has 128 valence electrons. The van der Waals surface area contributed by atoms with Gasteiger partial charge < -0.3 is 10.8 Å². The van der Waals surface area contributed by atoms with Crippen LogP contribution in [0.25, 0.3) is 0 Å². The zero-order valence-electron chi connectivity index (χ0n) is 19.1. The largest absolute Gasteiger partial charge is 2.00 e. The molecule has 0 bridgehead atoms. The van der Waals surface area contributed by atoms with Crippen LogP contribution in [0.1, 0.15) is 115 Å². The quantitative estimate of drug-likeness (QED) is 0.223. The number of unbranched alkanes of at least 4 members (excludes halogenated alkanes) is 14. The van der Waals surface area contributed by atoms with Gasteiger partial charge >= 0.3 is 92.6 Å². The van der Waals surface area contributed by atoms with Gasteiger partial charge in [0.2, 0.25) is 0 Å². The van der Waals surface area contributed by atoms with E-state index in [0.717, 1.165) is 12.8 Å². The summed E-state index contributed by atoms with van der Waals surface area (Å²) in [5.41, 5.74) is 0. The Bertz CT molecular complexity index is 229. The third kappa shape index (κ3) is 27.2. The Morgan fingerprint density at radius 2 is 0.955 bits per heavy atom. The Balaban J connectivity index is -0.000000120. The van der Waals surface area contributed by atoms with Crippen molar-refractivity contribution in [2.75, 3.05) is 0 Å². The number of hydrogen-bond acceptors (Lipinski definition) is 1. The number of carboxylic acids is 1. The van der Waals surface area contributed by atoms with E-state index < -0.39 is 5.97 Å². The first kappa shape index (κ1) is 29.1. The molecule has 0 spiro atoms. The van der Waals surface area contributed by atoms with E-state index in [9.17, 15) is 4.79 Å². The van der Waals surface area contributed by atoms with Crippen LogP contribution in [-0.4, -0.2) is 97.7 Å². The van der Waals surface area contributed by atoms with Crippen LogP contribution in [-0.2, 0) is 4.79 Å². The second-order valence-corrected chi connectivity index (χ2v) is 6.09. The van der Waals surface area contributed by atoms with E-state index in [1.807, 2.05) is 0 Å². The molecular formula is C18H40BaCaO2. The Kier molecular flexibility index (Phi) is 33.8. The van der Waals surface area contributed by atoms with E-state index >= 15 is 0 Å². The van der Waals surface area contributed by atoms with Crippen molar-refractivity contribution in [1.29, 1.82) is 0 Å². The van der Waals surface area contributed by atoms with E-state index in [2.05, 4.69) is 6.92 Å². The minimum atomic E-state index is -0.653. The second-order valence-electron chi connectivity index (χ2n) is 6.09. The van der Waals surface area contributed by atoms with Crippen molar-refractivity contribution in [3.63, 3.8) is 0 Å². The van der Waals surface area contributed by atoms with Gasteiger partial charge in [0.15, 0.2) is 0 Å². The summed E-state index contributed by atoms with van der Waals surface area (Å²) in [6.45, 7) is 2.27. The second kappa shape index (κ2) is 25.5. The molecule has 0 unspecified atom stereocenters. The van der Waals surface area contributed by atoms with Gasteiger partial charge in [0.25, 0.3) is 0 Å². The Morgan fingerprint density at radius 3 is 1.23 bits per heavy atom. The number of aliphatic carboxylic acids is 1. The van der Waals surface area contributed by atoms with E-state index in [1.54, 1.807) is 0 Å². The minimum Gasteiger partial charge on any atom is -1.00 e. The number of rotatable bonds is 16. The van der Waals surface area contributed by atoms with Crippen LogP contribution in [0.5, 0.6) is 0 Å². The molecule has 0 aliphatic rings. The molecule has 0 saturated carbocycles. The van der Waals surface area contributed by atoms with Gasteiger partial charge in [0, 0.05) is 6.42 Å². The number of hydrogen-bond donors (Lipinski definition) is 1. The van der Waals surface area contributed by atoms with Crippen molar-refractivity contribution >= 4 is 92.6 Å². The van der Waals surface area contributed by atoms with Gasteiger partial charge in [0.05, 0.1) is 0 Å². The predicted octanol–water partition coefficient (Wildman–Crippen LogP) is 6.02. The Hall–Kier alpha value is 2.30. The van der Waals surface area contributed by atoms with Crippen molar-refractivity contribution in [3.05, 3.63) is 0 Å². The first-order valence-corrected chi connectivity index (χ1v) is 8.99. The average molecular weight is 466 g/mol. The molecule has 0 aromatic rings. The maximum Gasteiger partial charge on any atom is 2.00 e. The van der Waals surface area contributed by atoms with Crippen LogP contribution in [0.2, 0.25) is 0 Å². The smallest absolute Gasteiger partial charge is 1.00 e. The van der Waals surface area contributed by atoms with Gasteiger partial charge in [-0.25, -0.2) is 0 Å². The fraction of sp³-hybridized carbons (Fsp3) is 0.944. The first-order valence-electron chi connectivity index (χ1n) is 8.99. The van der Waals surface area contributed by atoms with Gasteiger partial charge in [0.1, 0.15) is 0 Å². The van der Waals surface area contributed by atoms with Crippen LogP contribution < -0.4 is 0 Å². The molecule has 0 aliphatic carbocycles. The normalized spacial score (nSPS) is 9.86. The molecule has 0 saturated heterocycles. The maximum atomic E-state index is 10.3. The molecule has 0 aromatic heterocycles. The zero-order valence-corrected chi connectivity index (χ0v) is 21.7. The molecule has 22 heavy (non-hydrogen) atoms. The van der Waals surface area contributed by atoms with Crippen LogP contribution >= 0.6 is 0 Å². The molecule has 0 atom stereocenters. The molecule has 0 aliphatic heterocycles. The number of carbonyl (C=O) groups is 1. The van der Waals surface area contributed by atoms with E-state index in [0.29, 0.717) is 6.42 Å². The minimum absolute atomic E-state index is 0. The fourth-order valence-corrected chi connectivity index (χ4v) is 2.65. The van der Waals surface area contributed by atoms with Crippen molar-refractivity contribution in [3.8, 4) is 0 Å². The first-order chi connectivity index (χ1) is 9.77. The van der Waals surface area contributed by atoms with Crippen LogP contribution in [0, 0.1) is 0 Å². The standard InChI is InChI=1S/C18H36O2.Ba.Ca.4H/c1-2-3-4-5-6-7-8-9-10-11-12-13-14-15-16-17-18(19)20;;;;;;/h2-17H2,1H3,(H,19,20);;;;;;/q;2*+2;4*-1. The molecule has 0 radical (unpaired) electrons. The fourth-order valence-electron chi connectivity index (χ4n) is 2.65. The summed E-state index contributed by atoms with van der Waals surface area (Å²) < 4.78 is 0. The van der Waals surface area contributed by atoms with Crippen LogP contribution in [0.4, 0.5) is 0 Å². The summed E-state index contributed by atoms with van der Waals surface area (Å²) in [4.78, 5) is 10.3. The maximum absolute atomic E-state index is 10.3. The molecule has 1 N–H and O–H groups in total. The summed E-state index contributed by atoms with van der Waals surface area (Å²) in [5, 5.41) is 8.52. The topological polar surface area (TPSA) is 37.3 Å². The molecule has 2 nitrogen and oxygen atoms in total. The van der Waals surface area contributed by atoms with Gasteiger partial charge in [-0.3, -0.25) is 4.79 Å². The van der Waals surface area contributed by atoms with Crippen molar-refractivity contribution in [2.24, 2.45) is 0 Å². The summed E-state index contributed by atoms with van der Waals surface area (Å²) in [5.74, 6) is -0.653. The molecule has 0 amide bonds. The van der Waals surface area contributed by atoms with Crippen LogP contribution in [0.15, 0.2) is 0 Å². The van der Waals surface area contributed by atoms with E-state index in [1.165, 1.54) is 83.5 Å². The van der Waals surface area contributed by atoms with Gasteiger partial charge in [-0.2, -0.15) is 0 Å². The number of carboxylic acid groups (broad SMARTS) is 1. The SMILES string of the molecule is CCCCCCCCCCCCCCCCCC(=O)O.[Ba+2].[Ca+2].[H-].[H-].[H-].[H-]. The zero-order chi connectivity index (χ0) is 14.9. The van der Waals surface area contributed by atoms with E-state index in [4.69, 9.17) is 5.11 Å². The molecule has 4 heteroatoms. The molecule has 0 fully saturated rings. The summed E-state index contributed by atoms with van der Waals surface area (Å²) >= 11 is 0. The Labute approximate surface area is 215 Å². The molecule has 0 aromatic carbocycles. The van der Waals surface area contributed by atoms with Gasteiger partial charge in [-0.05, 0) is 6.42 Å². The van der Waals surface area contributed by atoms with Crippen molar-refractivity contribution < 1.29 is 15.6 Å². The van der Waals surface area contributed by atoms with Crippen LogP contribution in [0.3, 0.4) is 0 Å². The Morgan fingerprint density at radius 1 is 0.682 bits per heavy atom. The summed E-state index contributed by atoms with van der Waals surface area (Å²) in [6.07, 6.45) is 20.2.